The molecule has 0 fully saturated rings. The highest BCUT2D eigenvalue weighted by atomic mass is 16.2. The first-order chi connectivity index (χ1) is 6.48. The van der Waals surface area contributed by atoms with E-state index in [-0.39, 0.29) is 17.3 Å². The summed E-state index contributed by atoms with van der Waals surface area (Å²) in [4.78, 5) is 19.0. The van der Waals surface area contributed by atoms with Gasteiger partial charge in [0.25, 0.3) is 5.91 Å². The van der Waals surface area contributed by atoms with Crippen molar-refractivity contribution in [3.8, 4) is 0 Å². The van der Waals surface area contributed by atoms with Crippen LogP contribution in [0.1, 0.15) is 10.5 Å². The van der Waals surface area contributed by atoms with Gasteiger partial charge in [-0.3, -0.25) is 16.3 Å². The molecule has 1 amide bonds. The number of fused-ring (bicyclic) bond motifs is 1. The van der Waals surface area contributed by atoms with Gasteiger partial charge in [-0.15, -0.1) is 0 Å². The molecular formula is C6H9N7O. The number of rotatable bonds is 0. The van der Waals surface area contributed by atoms with Crippen LogP contribution in [0.15, 0.2) is 6.20 Å². The Kier molecular flexibility index (Phi) is 1.56. The van der Waals surface area contributed by atoms with Gasteiger partial charge in [0, 0.05) is 0 Å². The number of amides is 1. The smallest absolute Gasteiger partial charge is 0.277 e. The fraction of sp³-hybridized carbons (Fsp3) is 0.167. The van der Waals surface area contributed by atoms with Crippen molar-refractivity contribution in [2.45, 2.75) is 5.91 Å². The van der Waals surface area contributed by atoms with Crippen molar-refractivity contribution >= 4 is 17.5 Å². The molecule has 1 aliphatic heterocycles. The number of hydrogen-bond donors (Lipinski definition) is 5. The van der Waals surface area contributed by atoms with E-state index in [0.717, 1.165) is 0 Å². The Bertz CT molecular complexity index is 401. The minimum absolute atomic E-state index is 0.0801. The zero-order valence-electron chi connectivity index (χ0n) is 7.11. The highest BCUT2D eigenvalue weighted by Gasteiger charge is 2.32. The molecule has 0 saturated heterocycles. The van der Waals surface area contributed by atoms with Gasteiger partial charge in [-0.1, -0.05) is 0 Å². The quantitative estimate of drug-likeness (QED) is 0.294. The molecule has 1 aromatic rings. The Morgan fingerprint density at radius 2 is 2.07 bits per heavy atom. The van der Waals surface area contributed by atoms with E-state index in [4.69, 9.17) is 17.2 Å². The second-order valence-electron chi connectivity index (χ2n) is 2.94. The highest BCUT2D eigenvalue weighted by Crippen LogP contribution is 2.16. The van der Waals surface area contributed by atoms with Gasteiger partial charge in [0.1, 0.15) is 5.82 Å². The topological polar surface area (TPSA) is 145 Å². The summed E-state index contributed by atoms with van der Waals surface area (Å²) in [6.07, 6.45) is 1.31. The summed E-state index contributed by atoms with van der Waals surface area (Å²) in [6, 6.07) is 0. The summed E-state index contributed by atoms with van der Waals surface area (Å²) < 4.78 is 0. The van der Waals surface area contributed by atoms with Crippen LogP contribution in [0.2, 0.25) is 0 Å². The van der Waals surface area contributed by atoms with E-state index in [1.165, 1.54) is 6.20 Å². The van der Waals surface area contributed by atoms with Gasteiger partial charge in [-0.05, 0) is 0 Å². The maximum atomic E-state index is 11.4. The first kappa shape index (κ1) is 8.66. The lowest BCUT2D eigenvalue weighted by molar-refractivity contribution is 0.0899. The lowest BCUT2D eigenvalue weighted by Gasteiger charge is -2.31. The lowest BCUT2D eigenvalue weighted by atomic mass is 10.3. The predicted octanol–water partition coefficient (Wildman–Crippen LogP) is -2.26. The fourth-order valence-corrected chi connectivity index (χ4v) is 1.13. The Morgan fingerprint density at radius 3 is 2.79 bits per heavy atom. The van der Waals surface area contributed by atoms with Gasteiger partial charge in [-0.25, -0.2) is 9.97 Å². The number of nitrogen functional groups attached to an aromatic ring is 1. The second kappa shape index (κ2) is 2.53. The van der Waals surface area contributed by atoms with Gasteiger partial charge < -0.3 is 16.4 Å². The minimum atomic E-state index is -1.51. The normalized spacial score (nSPS) is 18.0. The monoisotopic (exact) mass is 195 g/mol. The number of anilines is 2. The largest absolute Gasteiger partial charge is 0.382 e. The van der Waals surface area contributed by atoms with Gasteiger partial charge in [0.15, 0.2) is 11.5 Å². The molecular weight excluding hydrogens is 186 g/mol. The van der Waals surface area contributed by atoms with E-state index >= 15 is 0 Å². The van der Waals surface area contributed by atoms with E-state index in [0.29, 0.717) is 0 Å². The molecule has 0 bridgehead atoms. The molecule has 0 aromatic carbocycles. The molecule has 8 nitrogen and oxygen atoms in total. The summed E-state index contributed by atoms with van der Waals surface area (Å²) >= 11 is 0. The maximum Gasteiger partial charge on any atom is 0.277 e. The maximum absolute atomic E-state index is 11.4. The summed E-state index contributed by atoms with van der Waals surface area (Å²) in [6.45, 7) is 0. The summed E-state index contributed by atoms with van der Waals surface area (Å²) in [7, 11) is 0. The number of carbonyl (C=O) groups excluding carboxylic acids is 1. The Morgan fingerprint density at radius 1 is 1.36 bits per heavy atom. The first-order valence-electron chi connectivity index (χ1n) is 3.79. The van der Waals surface area contributed by atoms with Crippen molar-refractivity contribution in [1.82, 2.24) is 15.3 Å². The molecule has 1 aliphatic rings. The zero-order chi connectivity index (χ0) is 10.3. The van der Waals surface area contributed by atoms with E-state index in [1.807, 2.05) is 0 Å². The predicted molar refractivity (Wildman–Crippen MR) is 48.6 cm³/mol. The molecule has 14 heavy (non-hydrogen) atoms. The van der Waals surface area contributed by atoms with Gasteiger partial charge in [0.05, 0.1) is 6.20 Å². The summed E-state index contributed by atoms with van der Waals surface area (Å²) in [5, 5.41) is 4.87. The highest BCUT2D eigenvalue weighted by molar-refractivity contribution is 5.99. The average molecular weight is 195 g/mol. The van der Waals surface area contributed by atoms with Crippen LogP contribution < -0.4 is 27.8 Å². The number of aromatic nitrogens is 2. The minimum Gasteiger partial charge on any atom is -0.382 e. The Balaban J connectivity index is 2.50. The number of carbonyl (C=O) groups is 1. The Labute approximate surface area is 78.9 Å². The molecule has 2 heterocycles. The van der Waals surface area contributed by atoms with Crippen LogP contribution in [0.3, 0.4) is 0 Å². The van der Waals surface area contributed by atoms with Crippen molar-refractivity contribution in [2.75, 3.05) is 11.1 Å². The molecule has 0 radical (unpaired) electrons. The van der Waals surface area contributed by atoms with E-state index in [2.05, 4.69) is 20.6 Å². The molecule has 2 rings (SSSR count). The van der Waals surface area contributed by atoms with Crippen molar-refractivity contribution in [3.05, 3.63) is 11.9 Å². The van der Waals surface area contributed by atoms with Crippen LogP contribution in [-0.4, -0.2) is 21.8 Å². The molecule has 0 saturated carbocycles. The lowest BCUT2D eigenvalue weighted by Crippen LogP contribution is -2.70. The van der Waals surface area contributed by atoms with Crippen LogP contribution in [0, 0.1) is 0 Å². The van der Waals surface area contributed by atoms with Crippen molar-refractivity contribution in [1.29, 1.82) is 0 Å². The Hall–Kier alpha value is -1.93. The SMILES string of the molecule is Nc1cnc2c(n1)C(=O)NC(N)(N)N2. The standard InChI is InChI=1S/C6H9N7O/c7-2-1-10-4-3(11-2)5(14)13-6(8,9)12-4/h1H,8-9H2,(H2,7,11)(H,10,12)(H,13,14). The molecule has 0 atom stereocenters. The van der Waals surface area contributed by atoms with Gasteiger partial charge in [-0.2, -0.15) is 0 Å². The van der Waals surface area contributed by atoms with Gasteiger partial charge in [0.2, 0.25) is 5.91 Å². The molecule has 0 spiro atoms. The molecule has 1 aromatic heterocycles. The van der Waals surface area contributed by atoms with Crippen LogP contribution in [0.4, 0.5) is 11.6 Å². The molecule has 74 valence electrons. The van der Waals surface area contributed by atoms with E-state index < -0.39 is 11.8 Å². The van der Waals surface area contributed by atoms with Crippen LogP contribution >= 0.6 is 0 Å². The molecule has 8 heteroatoms. The third kappa shape index (κ3) is 1.32. The third-order valence-electron chi connectivity index (χ3n) is 1.65. The number of nitrogens with two attached hydrogens (primary N) is 3. The van der Waals surface area contributed by atoms with Gasteiger partial charge >= 0.3 is 0 Å². The van der Waals surface area contributed by atoms with Crippen molar-refractivity contribution < 1.29 is 4.79 Å². The third-order valence-corrected chi connectivity index (χ3v) is 1.65. The van der Waals surface area contributed by atoms with E-state index in [1.54, 1.807) is 0 Å². The molecule has 8 N–H and O–H groups in total. The number of nitrogens with one attached hydrogen (secondary N) is 2. The van der Waals surface area contributed by atoms with Crippen molar-refractivity contribution in [3.63, 3.8) is 0 Å². The van der Waals surface area contributed by atoms with Crippen LogP contribution in [-0.2, 0) is 0 Å². The molecule has 0 unspecified atom stereocenters. The first-order valence-corrected chi connectivity index (χ1v) is 3.79. The molecule has 0 aliphatic carbocycles. The summed E-state index contributed by atoms with van der Waals surface area (Å²) in [5.74, 6) is -1.65. The zero-order valence-corrected chi connectivity index (χ0v) is 7.11. The van der Waals surface area contributed by atoms with Crippen LogP contribution in [0.25, 0.3) is 0 Å². The van der Waals surface area contributed by atoms with Crippen LogP contribution in [0.5, 0.6) is 0 Å². The van der Waals surface area contributed by atoms with E-state index in [9.17, 15) is 4.79 Å². The summed E-state index contributed by atoms with van der Waals surface area (Å²) in [5.41, 5.74) is 16.4. The fourth-order valence-electron chi connectivity index (χ4n) is 1.13. The average Bonchev–Trinajstić information content (AvgIpc) is 2.05. The second-order valence-corrected chi connectivity index (χ2v) is 2.94. The number of hydrogen-bond acceptors (Lipinski definition) is 7. The number of nitrogens with zero attached hydrogens (tertiary/aromatic N) is 2. The van der Waals surface area contributed by atoms with Crippen molar-refractivity contribution in [2.24, 2.45) is 11.5 Å².